The van der Waals surface area contributed by atoms with Gasteiger partial charge < -0.3 is 10.6 Å². The number of carbonyl (C=O) groups is 1. The molecule has 0 fully saturated rings. The number of para-hydroxylation sites is 1. The molecule has 0 spiro atoms. The van der Waals surface area contributed by atoms with Gasteiger partial charge in [-0.3, -0.25) is 4.79 Å². The summed E-state index contributed by atoms with van der Waals surface area (Å²) in [5.41, 5.74) is 3.43. The molecule has 0 bridgehead atoms. The van der Waals surface area contributed by atoms with E-state index in [0.717, 1.165) is 37.2 Å². The van der Waals surface area contributed by atoms with Crippen molar-refractivity contribution in [3.8, 4) is 0 Å². The zero-order chi connectivity index (χ0) is 16.7. The molecule has 24 heavy (non-hydrogen) atoms. The van der Waals surface area contributed by atoms with Gasteiger partial charge in [-0.2, -0.15) is 0 Å². The standard InChI is InChI=1S/C19H26N2OS.ClH/c1-4-20-13-17-8-5-6-10-18(17)21-19(22)11-7-9-16-12-14(2)23-15(16)3;/h5-6,8,10,12,20H,4,7,9,11,13H2,1-3H3,(H,21,22);1H. The third kappa shape index (κ3) is 6.27. The van der Waals surface area contributed by atoms with Crippen molar-refractivity contribution in [3.63, 3.8) is 0 Å². The third-order valence-corrected chi connectivity index (χ3v) is 4.86. The summed E-state index contributed by atoms with van der Waals surface area (Å²) < 4.78 is 0. The SMILES string of the molecule is CCNCc1ccccc1NC(=O)CCCc1cc(C)sc1C.Cl. The molecular weight excluding hydrogens is 340 g/mol. The van der Waals surface area contributed by atoms with Gasteiger partial charge in [0.25, 0.3) is 0 Å². The number of anilines is 1. The zero-order valence-corrected chi connectivity index (χ0v) is 16.3. The van der Waals surface area contributed by atoms with E-state index in [4.69, 9.17) is 0 Å². The monoisotopic (exact) mass is 366 g/mol. The van der Waals surface area contributed by atoms with E-state index < -0.39 is 0 Å². The maximum absolute atomic E-state index is 12.2. The van der Waals surface area contributed by atoms with Crippen molar-refractivity contribution in [2.75, 3.05) is 11.9 Å². The van der Waals surface area contributed by atoms with Crippen molar-refractivity contribution >= 4 is 35.3 Å². The summed E-state index contributed by atoms with van der Waals surface area (Å²) in [4.78, 5) is 14.9. The van der Waals surface area contributed by atoms with E-state index in [-0.39, 0.29) is 18.3 Å². The summed E-state index contributed by atoms with van der Waals surface area (Å²) in [7, 11) is 0. The summed E-state index contributed by atoms with van der Waals surface area (Å²) in [6, 6.07) is 10.2. The lowest BCUT2D eigenvalue weighted by molar-refractivity contribution is -0.116. The van der Waals surface area contributed by atoms with Gasteiger partial charge >= 0.3 is 0 Å². The van der Waals surface area contributed by atoms with Crippen LogP contribution in [0.3, 0.4) is 0 Å². The van der Waals surface area contributed by atoms with Crippen molar-refractivity contribution in [1.29, 1.82) is 0 Å². The van der Waals surface area contributed by atoms with Crippen molar-refractivity contribution < 1.29 is 4.79 Å². The van der Waals surface area contributed by atoms with Gasteiger partial charge in [0.05, 0.1) is 0 Å². The number of nitrogens with one attached hydrogen (secondary N) is 2. The predicted octanol–water partition coefficient (Wildman–Crippen LogP) is 4.86. The van der Waals surface area contributed by atoms with Gasteiger partial charge in [0.2, 0.25) is 5.91 Å². The van der Waals surface area contributed by atoms with Crippen LogP contribution in [-0.4, -0.2) is 12.5 Å². The van der Waals surface area contributed by atoms with Crippen LogP contribution in [0.1, 0.15) is 40.6 Å². The molecule has 3 nitrogen and oxygen atoms in total. The molecule has 0 saturated carbocycles. The minimum absolute atomic E-state index is 0. The fourth-order valence-electron chi connectivity index (χ4n) is 2.64. The highest BCUT2D eigenvalue weighted by molar-refractivity contribution is 7.12. The van der Waals surface area contributed by atoms with Gasteiger partial charge in [0, 0.05) is 28.4 Å². The van der Waals surface area contributed by atoms with Crippen LogP contribution in [0.2, 0.25) is 0 Å². The van der Waals surface area contributed by atoms with Crippen molar-refractivity contribution in [2.24, 2.45) is 0 Å². The van der Waals surface area contributed by atoms with Crippen LogP contribution < -0.4 is 10.6 Å². The van der Waals surface area contributed by atoms with Gasteiger partial charge in [-0.05, 0) is 56.5 Å². The van der Waals surface area contributed by atoms with Crippen molar-refractivity contribution in [2.45, 2.75) is 46.6 Å². The summed E-state index contributed by atoms with van der Waals surface area (Å²) >= 11 is 1.83. The number of hydrogen-bond donors (Lipinski definition) is 2. The summed E-state index contributed by atoms with van der Waals surface area (Å²) in [5, 5.41) is 6.35. The lowest BCUT2D eigenvalue weighted by Gasteiger charge is -2.11. The Labute approximate surface area is 155 Å². The third-order valence-electron chi connectivity index (χ3n) is 3.85. The quantitative estimate of drug-likeness (QED) is 0.700. The lowest BCUT2D eigenvalue weighted by atomic mass is 10.1. The summed E-state index contributed by atoms with van der Waals surface area (Å²) in [6.07, 6.45) is 2.42. The second-order valence-corrected chi connectivity index (χ2v) is 7.24. The highest BCUT2D eigenvalue weighted by atomic mass is 35.5. The molecule has 1 heterocycles. The maximum Gasteiger partial charge on any atom is 0.224 e. The van der Waals surface area contributed by atoms with E-state index >= 15 is 0 Å². The van der Waals surface area contributed by atoms with Crippen LogP contribution in [0.25, 0.3) is 0 Å². The first-order valence-corrected chi connectivity index (χ1v) is 9.06. The van der Waals surface area contributed by atoms with E-state index in [9.17, 15) is 4.79 Å². The molecule has 0 unspecified atom stereocenters. The molecule has 2 N–H and O–H groups in total. The molecule has 0 aliphatic carbocycles. The highest BCUT2D eigenvalue weighted by Gasteiger charge is 2.08. The summed E-state index contributed by atoms with van der Waals surface area (Å²) in [5.74, 6) is 0.0959. The second-order valence-electron chi connectivity index (χ2n) is 5.78. The minimum atomic E-state index is 0. The van der Waals surface area contributed by atoms with Gasteiger partial charge in [-0.25, -0.2) is 0 Å². The molecular formula is C19H27ClN2OS. The molecule has 0 radical (unpaired) electrons. The zero-order valence-electron chi connectivity index (χ0n) is 14.6. The number of hydrogen-bond acceptors (Lipinski definition) is 3. The Morgan fingerprint density at radius 2 is 1.92 bits per heavy atom. The van der Waals surface area contributed by atoms with Crippen LogP contribution in [0.4, 0.5) is 5.69 Å². The molecule has 0 aliphatic heterocycles. The first-order chi connectivity index (χ1) is 11.1. The largest absolute Gasteiger partial charge is 0.326 e. The number of carbonyl (C=O) groups excluding carboxylic acids is 1. The number of amides is 1. The summed E-state index contributed by atoms with van der Waals surface area (Å²) in [6.45, 7) is 8.07. The van der Waals surface area contributed by atoms with Crippen LogP contribution in [-0.2, 0) is 17.8 Å². The number of thiophene rings is 1. The number of aryl methyl sites for hydroxylation is 3. The molecule has 2 rings (SSSR count). The highest BCUT2D eigenvalue weighted by Crippen LogP contribution is 2.22. The Bertz CT molecular complexity index is 655. The molecule has 1 aromatic heterocycles. The van der Waals surface area contributed by atoms with E-state index in [1.54, 1.807) is 0 Å². The fourth-order valence-corrected chi connectivity index (χ4v) is 3.62. The van der Waals surface area contributed by atoms with Gasteiger partial charge in [-0.15, -0.1) is 23.7 Å². The van der Waals surface area contributed by atoms with Crippen molar-refractivity contribution in [1.82, 2.24) is 5.32 Å². The molecule has 0 saturated heterocycles. The van der Waals surface area contributed by atoms with Gasteiger partial charge in [-0.1, -0.05) is 25.1 Å². The van der Waals surface area contributed by atoms with Gasteiger partial charge in [0.1, 0.15) is 0 Å². The van der Waals surface area contributed by atoms with Crippen molar-refractivity contribution in [3.05, 3.63) is 51.2 Å². The van der Waals surface area contributed by atoms with Crippen LogP contribution in [0.15, 0.2) is 30.3 Å². The first kappa shape index (κ1) is 20.7. The Kier molecular flexibility index (Phi) is 9.04. The normalized spacial score (nSPS) is 10.3. The molecule has 5 heteroatoms. The molecule has 132 valence electrons. The van der Waals surface area contributed by atoms with Crippen LogP contribution in [0, 0.1) is 13.8 Å². The first-order valence-electron chi connectivity index (χ1n) is 8.24. The average Bonchev–Trinajstić information content (AvgIpc) is 2.84. The van der Waals surface area contributed by atoms with E-state index in [0.29, 0.717) is 6.42 Å². The molecule has 1 amide bonds. The fraction of sp³-hybridized carbons (Fsp3) is 0.421. The topological polar surface area (TPSA) is 41.1 Å². The van der Waals surface area contributed by atoms with E-state index in [1.807, 2.05) is 29.5 Å². The second kappa shape index (κ2) is 10.5. The Balaban J connectivity index is 0.00000288. The maximum atomic E-state index is 12.2. The van der Waals surface area contributed by atoms with Gasteiger partial charge in [0.15, 0.2) is 0 Å². The smallest absolute Gasteiger partial charge is 0.224 e. The van der Waals surface area contributed by atoms with Crippen LogP contribution >= 0.6 is 23.7 Å². The Morgan fingerprint density at radius 3 is 2.58 bits per heavy atom. The average molecular weight is 367 g/mol. The Hall–Kier alpha value is -1.36. The Morgan fingerprint density at radius 1 is 1.17 bits per heavy atom. The van der Waals surface area contributed by atoms with Crippen LogP contribution in [0.5, 0.6) is 0 Å². The molecule has 1 aromatic carbocycles. The molecule has 2 aromatic rings. The number of benzene rings is 1. The lowest BCUT2D eigenvalue weighted by Crippen LogP contribution is -2.17. The van der Waals surface area contributed by atoms with E-state index in [2.05, 4.69) is 43.5 Å². The minimum Gasteiger partial charge on any atom is -0.326 e. The van der Waals surface area contributed by atoms with E-state index in [1.165, 1.54) is 15.3 Å². The molecule has 0 atom stereocenters. The number of halogens is 1. The number of rotatable bonds is 8. The molecule has 0 aliphatic rings. The predicted molar refractivity (Wildman–Crippen MR) is 106 cm³/mol.